The van der Waals surface area contributed by atoms with E-state index >= 15 is 0 Å². The number of fused-ring (bicyclic) bond motifs is 3. The van der Waals surface area contributed by atoms with Gasteiger partial charge in [0.15, 0.2) is 0 Å². The van der Waals surface area contributed by atoms with Crippen molar-refractivity contribution in [3.8, 4) is 0 Å². The van der Waals surface area contributed by atoms with Crippen LogP contribution in [0.5, 0.6) is 0 Å². The van der Waals surface area contributed by atoms with Crippen molar-refractivity contribution in [1.29, 1.82) is 0 Å². The van der Waals surface area contributed by atoms with Gasteiger partial charge in [-0.05, 0) is 50.3 Å². The molecule has 158 valence electrons. The average molecular weight is 409 g/mol. The molecule has 2 aliphatic rings. The summed E-state index contributed by atoms with van der Waals surface area (Å²) in [6, 6.07) is 3.71. The van der Waals surface area contributed by atoms with Gasteiger partial charge in [0, 0.05) is 35.8 Å². The lowest BCUT2D eigenvalue weighted by molar-refractivity contribution is -0.142. The van der Waals surface area contributed by atoms with Crippen molar-refractivity contribution in [2.75, 3.05) is 13.1 Å². The van der Waals surface area contributed by atoms with E-state index in [0.29, 0.717) is 36.2 Å². The monoisotopic (exact) mass is 409 g/mol. The summed E-state index contributed by atoms with van der Waals surface area (Å²) in [5.41, 5.74) is 2.27. The Kier molecular flexibility index (Phi) is 4.51. The van der Waals surface area contributed by atoms with E-state index in [2.05, 4.69) is 0 Å². The van der Waals surface area contributed by atoms with Gasteiger partial charge < -0.3 is 18.8 Å². The van der Waals surface area contributed by atoms with Crippen LogP contribution in [0.4, 0.5) is 0 Å². The molecule has 1 aromatic carbocycles. The van der Waals surface area contributed by atoms with Crippen LogP contribution in [0.15, 0.2) is 32.0 Å². The number of amides is 1. The topological polar surface area (TPSA) is 83.9 Å². The molecule has 3 aromatic rings. The summed E-state index contributed by atoms with van der Waals surface area (Å²) >= 11 is 0. The molecule has 30 heavy (non-hydrogen) atoms. The predicted octanol–water partition coefficient (Wildman–Crippen LogP) is 3.85. The van der Waals surface area contributed by atoms with E-state index in [-0.39, 0.29) is 18.2 Å². The molecule has 1 amide bonds. The highest BCUT2D eigenvalue weighted by molar-refractivity contribution is 5.96. The van der Waals surface area contributed by atoms with Crippen molar-refractivity contribution in [1.82, 2.24) is 4.90 Å². The Hall–Kier alpha value is -2.60. The molecular weight excluding hydrogens is 382 g/mol. The summed E-state index contributed by atoms with van der Waals surface area (Å²) < 4.78 is 11.1. The van der Waals surface area contributed by atoms with Gasteiger partial charge in [0.2, 0.25) is 5.91 Å². The molecule has 2 aromatic heterocycles. The van der Waals surface area contributed by atoms with Gasteiger partial charge in [0.25, 0.3) is 0 Å². The van der Waals surface area contributed by atoms with Gasteiger partial charge in [-0.2, -0.15) is 0 Å². The molecule has 1 saturated carbocycles. The van der Waals surface area contributed by atoms with Gasteiger partial charge in [-0.1, -0.05) is 12.8 Å². The van der Waals surface area contributed by atoms with Crippen LogP contribution in [-0.2, 0) is 11.2 Å². The molecule has 1 aliphatic heterocycles. The first-order chi connectivity index (χ1) is 14.4. The van der Waals surface area contributed by atoms with Crippen molar-refractivity contribution in [2.45, 2.75) is 58.0 Å². The van der Waals surface area contributed by atoms with Crippen molar-refractivity contribution < 1.29 is 18.7 Å². The second kappa shape index (κ2) is 6.98. The van der Waals surface area contributed by atoms with E-state index in [1.54, 1.807) is 12.3 Å². The van der Waals surface area contributed by atoms with E-state index in [0.717, 1.165) is 47.6 Å². The summed E-state index contributed by atoms with van der Waals surface area (Å²) in [6.07, 6.45) is 6.27. The highest BCUT2D eigenvalue weighted by Gasteiger charge is 2.43. The number of piperidine rings is 1. The lowest BCUT2D eigenvalue weighted by Gasteiger charge is -2.47. The number of benzene rings is 1. The molecule has 0 radical (unpaired) electrons. The third kappa shape index (κ3) is 3.05. The summed E-state index contributed by atoms with van der Waals surface area (Å²) in [5.74, 6) is 0.0633. The molecule has 1 saturated heterocycles. The third-order valence-corrected chi connectivity index (χ3v) is 7.28. The Labute approximate surface area is 174 Å². The number of furan rings is 1. The predicted molar refractivity (Wildman–Crippen MR) is 114 cm³/mol. The average Bonchev–Trinajstić information content (AvgIpc) is 3.09. The lowest BCUT2D eigenvalue weighted by Crippen LogP contribution is -2.55. The summed E-state index contributed by atoms with van der Waals surface area (Å²) in [4.78, 5) is 27.6. The lowest BCUT2D eigenvalue weighted by atomic mass is 9.71. The van der Waals surface area contributed by atoms with E-state index < -0.39 is 11.2 Å². The van der Waals surface area contributed by atoms with Crippen LogP contribution in [0.1, 0.15) is 48.8 Å². The molecule has 6 heteroatoms. The van der Waals surface area contributed by atoms with Crippen LogP contribution in [0.3, 0.4) is 0 Å². The van der Waals surface area contributed by atoms with E-state index in [1.807, 2.05) is 24.8 Å². The van der Waals surface area contributed by atoms with Crippen LogP contribution in [-0.4, -0.2) is 34.6 Å². The maximum absolute atomic E-state index is 13.1. The fraction of sp³-hybridized carbons (Fsp3) is 0.500. The van der Waals surface area contributed by atoms with Crippen molar-refractivity contribution in [3.05, 3.63) is 45.5 Å². The molecule has 6 nitrogen and oxygen atoms in total. The minimum atomic E-state index is -0.624. The standard InChI is InChI=1S/C24H27NO5/c1-14-13-29-20-11-21-18(9-17(14)20)15(2)19(23(27)30-21)10-22(26)25-8-7-24(28)6-4-3-5-16(24)12-25/h9,11,13,16,28H,3-8,10,12H2,1-2H3/t16-,24-/m1/s1. The Balaban J connectivity index is 1.44. The maximum Gasteiger partial charge on any atom is 0.340 e. The number of hydrogen-bond acceptors (Lipinski definition) is 5. The highest BCUT2D eigenvalue weighted by Crippen LogP contribution is 2.40. The molecule has 5 rings (SSSR count). The van der Waals surface area contributed by atoms with Crippen molar-refractivity contribution >= 4 is 27.8 Å². The second-order valence-corrected chi connectivity index (χ2v) is 9.07. The number of carbonyl (C=O) groups excluding carboxylic acids is 1. The smallest absolute Gasteiger partial charge is 0.340 e. The van der Waals surface area contributed by atoms with Gasteiger partial charge in [-0.15, -0.1) is 0 Å². The van der Waals surface area contributed by atoms with Crippen molar-refractivity contribution in [2.24, 2.45) is 5.92 Å². The number of carbonyl (C=O) groups is 1. The molecule has 2 fully saturated rings. The summed E-state index contributed by atoms with van der Waals surface area (Å²) in [6.45, 7) is 4.96. The van der Waals surface area contributed by atoms with Crippen molar-refractivity contribution in [3.63, 3.8) is 0 Å². The first-order valence-electron chi connectivity index (χ1n) is 10.8. The Morgan fingerprint density at radius 2 is 2.03 bits per heavy atom. The molecule has 3 heterocycles. The largest absolute Gasteiger partial charge is 0.464 e. The molecule has 1 aliphatic carbocycles. The molecule has 1 N–H and O–H groups in total. The minimum Gasteiger partial charge on any atom is -0.464 e. The van der Waals surface area contributed by atoms with Gasteiger partial charge in [0.1, 0.15) is 11.2 Å². The van der Waals surface area contributed by atoms with Gasteiger partial charge in [0.05, 0.1) is 23.8 Å². The van der Waals surface area contributed by atoms with E-state index in [1.165, 1.54) is 0 Å². The number of aryl methyl sites for hydroxylation is 2. The molecular formula is C24H27NO5. The number of nitrogens with zero attached hydrogens (tertiary/aromatic N) is 1. The minimum absolute atomic E-state index is 0.0255. The normalized spacial score (nSPS) is 24.4. The van der Waals surface area contributed by atoms with E-state index in [9.17, 15) is 14.7 Å². The molecule has 2 atom stereocenters. The number of likely N-dealkylation sites (tertiary alicyclic amines) is 1. The Morgan fingerprint density at radius 1 is 1.20 bits per heavy atom. The van der Waals surface area contributed by atoms with Gasteiger partial charge in [-0.25, -0.2) is 4.79 Å². The van der Waals surface area contributed by atoms with Gasteiger partial charge >= 0.3 is 5.63 Å². The zero-order valence-corrected chi connectivity index (χ0v) is 17.5. The fourth-order valence-electron chi connectivity index (χ4n) is 5.30. The zero-order chi connectivity index (χ0) is 21.0. The number of rotatable bonds is 2. The summed E-state index contributed by atoms with van der Waals surface area (Å²) in [5, 5.41) is 12.7. The molecule has 0 bridgehead atoms. The zero-order valence-electron chi connectivity index (χ0n) is 17.5. The van der Waals surface area contributed by atoms with Crippen LogP contribution in [0.2, 0.25) is 0 Å². The quantitative estimate of drug-likeness (QED) is 0.650. The van der Waals surface area contributed by atoms with Crippen LogP contribution >= 0.6 is 0 Å². The van der Waals surface area contributed by atoms with Crippen LogP contribution in [0, 0.1) is 19.8 Å². The molecule has 0 unspecified atom stereocenters. The van der Waals surface area contributed by atoms with Gasteiger partial charge in [-0.3, -0.25) is 4.79 Å². The highest BCUT2D eigenvalue weighted by atomic mass is 16.4. The first kappa shape index (κ1) is 19.4. The fourth-order valence-corrected chi connectivity index (χ4v) is 5.30. The first-order valence-corrected chi connectivity index (χ1v) is 10.8. The Morgan fingerprint density at radius 3 is 2.87 bits per heavy atom. The number of hydrogen-bond donors (Lipinski definition) is 1. The number of aliphatic hydroxyl groups is 1. The SMILES string of the molecule is Cc1coc2cc3oc(=O)c(CC(=O)N4CC[C@]5(O)CCCC[C@@H]5C4)c(C)c3cc12. The Bertz CT molecular complexity index is 1210. The summed E-state index contributed by atoms with van der Waals surface area (Å²) in [7, 11) is 0. The maximum atomic E-state index is 13.1. The van der Waals surface area contributed by atoms with E-state index in [4.69, 9.17) is 8.83 Å². The van der Waals surface area contributed by atoms with Crippen LogP contribution < -0.4 is 5.63 Å². The third-order valence-electron chi connectivity index (χ3n) is 7.28. The van der Waals surface area contributed by atoms with Crippen LogP contribution in [0.25, 0.3) is 21.9 Å². The second-order valence-electron chi connectivity index (χ2n) is 9.07. The molecule has 0 spiro atoms.